The fraction of sp³-hybridized carbons (Fsp3) is 0.650. The van der Waals surface area contributed by atoms with E-state index in [1.807, 2.05) is 4.90 Å². The van der Waals surface area contributed by atoms with Crippen molar-refractivity contribution in [3.05, 3.63) is 29.3 Å². The van der Waals surface area contributed by atoms with Crippen LogP contribution in [0.1, 0.15) is 58.1 Å². The van der Waals surface area contributed by atoms with Gasteiger partial charge in [-0.3, -0.25) is 4.79 Å². The van der Waals surface area contributed by atoms with Crippen molar-refractivity contribution in [3.63, 3.8) is 0 Å². The lowest BCUT2D eigenvalue weighted by Crippen LogP contribution is -2.36. The number of nitrogens with zero attached hydrogens (tertiary/aromatic N) is 1. The molecule has 1 aromatic carbocycles. The van der Waals surface area contributed by atoms with Crippen molar-refractivity contribution in [1.82, 2.24) is 0 Å². The highest BCUT2D eigenvalue weighted by molar-refractivity contribution is 9.09. The van der Waals surface area contributed by atoms with E-state index in [9.17, 15) is 4.79 Å². The molecule has 0 spiro atoms. The van der Waals surface area contributed by atoms with E-state index in [0.717, 1.165) is 31.5 Å². The van der Waals surface area contributed by atoms with Gasteiger partial charge in [-0.05, 0) is 54.7 Å². The second kappa shape index (κ2) is 8.32. The van der Waals surface area contributed by atoms with E-state index in [-0.39, 0.29) is 5.91 Å². The molecule has 1 atom stereocenters. The van der Waals surface area contributed by atoms with E-state index in [1.165, 1.54) is 17.5 Å². The molecule has 1 unspecified atom stereocenters. The molecule has 0 aromatic heterocycles. The van der Waals surface area contributed by atoms with Crippen LogP contribution in [-0.2, 0) is 17.6 Å². The molecule has 1 amide bonds. The molecule has 1 aromatic rings. The molecule has 23 heavy (non-hydrogen) atoms. The average molecular weight is 380 g/mol. The van der Waals surface area contributed by atoms with E-state index in [0.29, 0.717) is 23.1 Å². The van der Waals surface area contributed by atoms with Crippen molar-refractivity contribution < 1.29 is 4.79 Å². The SMILES string of the molecule is CC(C)CC(=O)N1CCCc2cc(CC(Br)CC(C)C)ccc21. The minimum absolute atomic E-state index is 0.270. The molecular weight excluding hydrogens is 350 g/mol. The molecule has 0 bridgehead atoms. The van der Waals surface area contributed by atoms with Crippen LogP contribution in [0, 0.1) is 11.8 Å². The summed E-state index contributed by atoms with van der Waals surface area (Å²) >= 11 is 3.81. The Morgan fingerprint density at radius 1 is 1.22 bits per heavy atom. The Hall–Kier alpha value is -0.830. The van der Waals surface area contributed by atoms with Gasteiger partial charge in [0.05, 0.1) is 0 Å². The maximum atomic E-state index is 12.5. The zero-order chi connectivity index (χ0) is 17.0. The van der Waals surface area contributed by atoms with Crippen LogP contribution in [0.15, 0.2) is 18.2 Å². The van der Waals surface area contributed by atoms with Crippen LogP contribution in [0.25, 0.3) is 0 Å². The highest BCUT2D eigenvalue weighted by Crippen LogP contribution is 2.30. The molecule has 0 aliphatic carbocycles. The number of halogens is 1. The van der Waals surface area contributed by atoms with Crippen LogP contribution in [0.4, 0.5) is 5.69 Å². The van der Waals surface area contributed by atoms with Crippen LogP contribution < -0.4 is 4.90 Å². The maximum absolute atomic E-state index is 12.5. The number of hydrogen-bond donors (Lipinski definition) is 0. The Kier molecular flexibility index (Phi) is 6.70. The summed E-state index contributed by atoms with van der Waals surface area (Å²) in [5.41, 5.74) is 3.86. The minimum Gasteiger partial charge on any atom is -0.312 e. The van der Waals surface area contributed by atoms with Crippen LogP contribution in [-0.4, -0.2) is 17.3 Å². The van der Waals surface area contributed by atoms with Gasteiger partial charge in [-0.1, -0.05) is 55.8 Å². The summed E-state index contributed by atoms with van der Waals surface area (Å²) in [7, 11) is 0. The van der Waals surface area contributed by atoms with Crippen molar-refractivity contribution in [2.24, 2.45) is 11.8 Å². The molecule has 0 radical (unpaired) electrons. The second-order valence-electron chi connectivity index (χ2n) is 7.64. The topological polar surface area (TPSA) is 20.3 Å². The van der Waals surface area contributed by atoms with Gasteiger partial charge in [-0.25, -0.2) is 0 Å². The lowest BCUT2D eigenvalue weighted by atomic mass is 9.95. The van der Waals surface area contributed by atoms with Gasteiger partial charge in [0.15, 0.2) is 0 Å². The number of amides is 1. The van der Waals surface area contributed by atoms with Crippen LogP contribution in [0.3, 0.4) is 0 Å². The third kappa shape index (κ3) is 5.34. The number of rotatable bonds is 6. The third-order valence-electron chi connectivity index (χ3n) is 4.33. The van der Waals surface area contributed by atoms with Gasteiger partial charge < -0.3 is 4.90 Å². The monoisotopic (exact) mass is 379 g/mol. The molecule has 2 rings (SSSR count). The molecule has 2 nitrogen and oxygen atoms in total. The average Bonchev–Trinajstić information content (AvgIpc) is 2.44. The number of fused-ring (bicyclic) bond motifs is 1. The molecule has 0 N–H and O–H groups in total. The van der Waals surface area contributed by atoms with Gasteiger partial charge in [-0.15, -0.1) is 0 Å². The van der Waals surface area contributed by atoms with Crippen LogP contribution >= 0.6 is 15.9 Å². The molecule has 128 valence electrons. The van der Waals surface area contributed by atoms with Crippen molar-refractivity contribution in [3.8, 4) is 0 Å². The van der Waals surface area contributed by atoms with E-state index in [4.69, 9.17) is 0 Å². The molecule has 1 heterocycles. The maximum Gasteiger partial charge on any atom is 0.227 e. The normalized spacial score (nSPS) is 15.9. The number of alkyl halides is 1. The number of benzene rings is 1. The summed E-state index contributed by atoms with van der Waals surface area (Å²) in [4.78, 5) is 15.0. The summed E-state index contributed by atoms with van der Waals surface area (Å²) < 4.78 is 0. The van der Waals surface area contributed by atoms with Gasteiger partial charge in [0.1, 0.15) is 0 Å². The Labute approximate surface area is 149 Å². The fourth-order valence-corrected chi connectivity index (χ4v) is 4.47. The van der Waals surface area contributed by atoms with Gasteiger partial charge >= 0.3 is 0 Å². The summed E-state index contributed by atoms with van der Waals surface area (Å²) in [5, 5.41) is 0. The zero-order valence-electron chi connectivity index (χ0n) is 14.9. The molecule has 0 fully saturated rings. The smallest absolute Gasteiger partial charge is 0.227 e. The van der Waals surface area contributed by atoms with E-state index >= 15 is 0 Å². The standard InChI is InChI=1S/C20H30BrNO/c1-14(2)10-18(21)13-16-7-8-19-17(12-16)6-5-9-22(19)20(23)11-15(3)4/h7-8,12,14-15,18H,5-6,9-11,13H2,1-4H3. The van der Waals surface area contributed by atoms with Crippen LogP contribution in [0.5, 0.6) is 0 Å². The van der Waals surface area contributed by atoms with Crippen molar-refractivity contribution >= 4 is 27.5 Å². The first kappa shape index (κ1) is 18.5. The number of aryl methyl sites for hydroxylation is 1. The largest absolute Gasteiger partial charge is 0.312 e. The molecule has 1 aliphatic heterocycles. The van der Waals surface area contributed by atoms with E-state index in [1.54, 1.807) is 0 Å². The number of hydrogen-bond acceptors (Lipinski definition) is 1. The van der Waals surface area contributed by atoms with Gasteiger partial charge in [0.25, 0.3) is 0 Å². The van der Waals surface area contributed by atoms with Crippen molar-refractivity contribution in [2.45, 2.75) is 64.6 Å². The van der Waals surface area contributed by atoms with E-state index < -0.39 is 0 Å². The molecule has 0 saturated carbocycles. The Morgan fingerprint density at radius 3 is 2.61 bits per heavy atom. The predicted octanol–water partition coefficient (Wildman–Crippen LogP) is 5.36. The number of carbonyl (C=O) groups excluding carboxylic acids is 1. The summed E-state index contributed by atoms with van der Waals surface area (Å²) in [6, 6.07) is 6.68. The van der Waals surface area contributed by atoms with Gasteiger partial charge in [0.2, 0.25) is 5.91 Å². The minimum atomic E-state index is 0.270. The van der Waals surface area contributed by atoms with Crippen molar-refractivity contribution in [2.75, 3.05) is 11.4 Å². The highest BCUT2D eigenvalue weighted by Gasteiger charge is 2.23. The van der Waals surface area contributed by atoms with Gasteiger partial charge in [0, 0.05) is 23.5 Å². The molecule has 0 saturated heterocycles. The molecular formula is C20H30BrNO. The second-order valence-corrected chi connectivity index (χ2v) is 8.94. The highest BCUT2D eigenvalue weighted by atomic mass is 79.9. The molecule has 3 heteroatoms. The first-order valence-electron chi connectivity index (χ1n) is 8.93. The predicted molar refractivity (Wildman–Crippen MR) is 102 cm³/mol. The first-order valence-corrected chi connectivity index (χ1v) is 9.84. The van der Waals surface area contributed by atoms with E-state index in [2.05, 4.69) is 61.8 Å². The first-order chi connectivity index (χ1) is 10.9. The fourth-order valence-electron chi connectivity index (χ4n) is 3.35. The Balaban J connectivity index is 2.12. The number of carbonyl (C=O) groups is 1. The lowest BCUT2D eigenvalue weighted by Gasteiger charge is -2.30. The summed E-state index contributed by atoms with van der Waals surface area (Å²) in [5.74, 6) is 1.39. The van der Waals surface area contributed by atoms with Crippen molar-refractivity contribution in [1.29, 1.82) is 0 Å². The Bertz CT molecular complexity index is 538. The van der Waals surface area contributed by atoms with Gasteiger partial charge in [-0.2, -0.15) is 0 Å². The summed E-state index contributed by atoms with van der Waals surface area (Å²) in [6.07, 6.45) is 5.05. The summed E-state index contributed by atoms with van der Waals surface area (Å²) in [6.45, 7) is 9.61. The quantitative estimate of drug-likeness (QED) is 0.608. The van der Waals surface area contributed by atoms with Crippen LogP contribution in [0.2, 0.25) is 0 Å². The third-order valence-corrected chi connectivity index (χ3v) is 5.03. The number of anilines is 1. The Morgan fingerprint density at radius 2 is 1.96 bits per heavy atom. The zero-order valence-corrected chi connectivity index (χ0v) is 16.5. The molecule has 1 aliphatic rings. The lowest BCUT2D eigenvalue weighted by molar-refractivity contribution is -0.119.